The van der Waals surface area contributed by atoms with Crippen molar-refractivity contribution in [1.29, 1.82) is 0 Å². The first-order valence-corrected chi connectivity index (χ1v) is 12.9. The molecule has 2 rings (SSSR count). The van der Waals surface area contributed by atoms with Crippen molar-refractivity contribution in [3.05, 3.63) is 71.8 Å². The van der Waals surface area contributed by atoms with E-state index >= 15 is 0 Å². The highest BCUT2D eigenvalue weighted by Crippen LogP contribution is 2.12. The summed E-state index contributed by atoms with van der Waals surface area (Å²) in [5, 5.41) is 2.69. The SMILES string of the molecule is CCOC(CN(CC(=O)OC(C)(C)C)C(=O)[C@H](Cc1ccccc1)NC(=O)OCc1ccccc1)OCC. The fourth-order valence-electron chi connectivity index (χ4n) is 3.64. The van der Waals surface area contributed by atoms with Crippen LogP contribution in [0.1, 0.15) is 45.7 Å². The Balaban J connectivity index is 2.26. The monoisotopic (exact) mass is 528 g/mol. The van der Waals surface area contributed by atoms with E-state index in [1.807, 2.05) is 74.5 Å². The molecule has 2 aromatic rings. The van der Waals surface area contributed by atoms with E-state index < -0.39 is 35.9 Å². The van der Waals surface area contributed by atoms with Gasteiger partial charge in [-0.2, -0.15) is 0 Å². The molecule has 0 bridgehead atoms. The largest absolute Gasteiger partial charge is 0.459 e. The van der Waals surface area contributed by atoms with E-state index in [2.05, 4.69) is 5.32 Å². The zero-order chi connectivity index (χ0) is 28.0. The fraction of sp³-hybridized carbons (Fsp3) is 0.483. The van der Waals surface area contributed by atoms with Gasteiger partial charge in [0.1, 0.15) is 24.8 Å². The quantitative estimate of drug-likeness (QED) is 0.291. The highest BCUT2D eigenvalue weighted by Gasteiger charge is 2.31. The number of benzene rings is 2. The zero-order valence-corrected chi connectivity index (χ0v) is 23.0. The number of ether oxygens (including phenoxy) is 4. The Hall–Kier alpha value is -3.43. The van der Waals surface area contributed by atoms with Crippen LogP contribution in [0, 0.1) is 0 Å². The van der Waals surface area contributed by atoms with Crippen molar-refractivity contribution in [1.82, 2.24) is 10.2 Å². The highest BCUT2D eigenvalue weighted by molar-refractivity contribution is 5.88. The van der Waals surface area contributed by atoms with E-state index in [9.17, 15) is 14.4 Å². The minimum Gasteiger partial charge on any atom is -0.459 e. The summed E-state index contributed by atoms with van der Waals surface area (Å²) < 4.78 is 22.1. The third kappa shape index (κ3) is 11.7. The molecule has 9 nitrogen and oxygen atoms in total. The minimum atomic E-state index is -1.01. The molecular formula is C29H40N2O7. The van der Waals surface area contributed by atoms with Gasteiger partial charge in [-0.25, -0.2) is 4.79 Å². The van der Waals surface area contributed by atoms with E-state index in [-0.39, 0.29) is 26.1 Å². The van der Waals surface area contributed by atoms with Crippen LogP contribution in [0.3, 0.4) is 0 Å². The van der Waals surface area contributed by atoms with Crippen LogP contribution >= 0.6 is 0 Å². The lowest BCUT2D eigenvalue weighted by Gasteiger charge is -2.31. The fourth-order valence-corrected chi connectivity index (χ4v) is 3.64. The van der Waals surface area contributed by atoms with Crippen LogP contribution in [-0.2, 0) is 41.6 Å². The highest BCUT2D eigenvalue weighted by atomic mass is 16.7. The third-order valence-electron chi connectivity index (χ3n) is 5.21. The number of nitrogens with one attached hydrogen (secondary N) is 1. The number of hydrogen-bond donors (Lipinski definition) is 1. The molecule has 1 N–H and O–H groups in total. The molecule has 2 amide bonds. The molecule has 0 spiro atoms. The third-order valence-corrected chi connectivity index (χ3v) is 5.21. The number of hydrogen-bond acceptors (Lipinski definition) is 7. The summed E-state index contributed by atoms with van der Waals surface area (Å²) in [7, 11) is 0. The summed E-state index contributed by atoms with van der Waals surface area (Å²) in [5.41, 5.74) is 0.919. The van der Waals surface area contributed by atoms with Gasteiger partial charge in [0.15, 0.2) is 6.29 Å². The smallest absolute Gasteiger partial charge is 0.408 e. The van der Waals surface area contributed by atoms with E-state index in [0.717, 1.165) is 11.1 Å². The zero-order valence-electron chi connectivity index (χ0n) is 23.0. The number of carbonyl (C=O) groups is 3. The normalized spacial score (nSPS) is 12.1. The van der Waals surface area contributed by atoms with Crippen LogP contribution in [0.15, 0.2) is 60.7 Å². The van der Waals surface area contributed by atoms with Gasteiger partial charge in [0.2, 0.25) is 5.91 Å². The summed E-state index contributed by atoms with van der Waals surface area (Å²) in [5.74, 6) is -1.07. The molecule has 0 saturated heterocycles. The topological polar surface area (TPSA) is 103 Å². The second-order valence-corrected chi connectivity index (χ2v) is 9.59. The maximum Gasteiger partial charge on any atom is 0.408 e. The van der Waals surface area contributed by atoms with Crippen molar-refractivity contribution >= 4 is 18.0 Å². The van der Waals surface area contributed by atoms with Crippen molar-refractivity contribution < 1.29 is 33.3 Å². The second kappa shape index (κ2) is 15.7. The lowest BCUT2D eigenvalue weighted by Crippen LogP contribution is -2.53. The number of alkyl carbamates (subject to hydrolysis) is 1. The number of amides is 2. The molecule has 9 heteroatoms. The lowest BCUT2D eigenvalue weighted by molar-refractivity contribution is -0.169. The molecule has 0 aliphatic rings. The predicted molar refractivity (Wildman–Crippen MR) is 143 cm³/mol. The Kier molecular flexibility index (Phi) is 12.8. The average Bonchev–Trinajstić information content (AvgIpc) is 2.86. The summed E-state index contributed by atoms with van der Waals surface area (Å²) in [6, 6.07) is 17.5. The van der Waals surface area contributed by atoms with E-state index in [0.29, 0.717) is 13.2 Å². The molecular weight excluding hydrogens is 488 g/mol. The molecule has 0 unspecified atom stereocenters. The van der Waals surface area contributed by atoms with Crippen molar-refractivity contribution in [3.8, 4) is 0 Å². The molecule has 208 valence electrons. The first-order chi connectivity index (χ1) is 18.1. The molecule has 2 aromatic carbocycles. The Morgan fingerprint density at radius 3 is 1.95 bits per heavy atom. The second-order valence-electron chi connectivity index (χ2n) is 9.59. The van der Waals surface area contributed by atoms with Gasteiger partial charge in [-0.1, -0.05) is 60.7 Å². The number of carbonyl (C=O) groups excluding carboxylic acids is 3. The van der Waals surface area contributed by atoms with Crippen LogP contribution in [0.2, 0.25) is 0 Å². The first kappa shape index (κ1) is 30.8. The molecule has 0 aliphatic carbocycles. The van der Waals surface area contributed by atoms with Gasteiger partial charge in [0.25, 0.3) is 0 Å². The molecule has 0 saturated carbocycles. The summed E-state index contributed by atoms with van der Waals surface area (Å²) in [6.07, 6.45) is -1.30. The van der Waals surface area contributed by atoms with Crippen molar-refractivity contribution in [3.63, 3.8) is 0 Å². The standard InChI is InChI=1S/C29H40N2O7/c1-6-35-26(36-7-2)20-31(19-25(32)38-29(3,4)5)27(33)24(18-22-14-10-8-11-15-22)30-28(34)37-21-23-16-12-9-13-17-23/h8-17,24,26H,6-7,18-21H2,1-5H3,(H,30,34)/t24-/m0/s1. The van der Waals surface area contributed by atoms with Gasteiger partial charge in [0, 0.05) is 19.6 Å². The van der Waals surface area contributed by atoms with E-state index in [1.54, 1.807) is 20.8 Å². The van der Waals surface area contributed by atoms with Crippen LogP contribution in [0.4, 0.5) is 4.79 Å². The molecule has 0 radical (unpaired) electrons. The van der Waals surface area contributed by atoms with E-state index in [4.69, 9.17) is 18.9 Å². The van der Waals surface area contributed by atoms with Crippen LogP contribution in [0.25, 0.3) is 0 Å². The van der Waals surface area contributed by atoms with Gasteiger partial charge in [-0.15, -0.1) is 0 Å². The van der Waals surface area contributed by atoms with Gasteiger partial charge >= 0.3 is 12.1 Å². The molecule has 0 aromatic heterocycles. The Labute approximate surface area is 225 Å². The summed E-state index contributed by atoms with van der Waals surface area (Å²) in [4.78, 5) is 40.6. The molecule has 0 fully saturated rings. The van der Waals surface area contributed by atoms with E-state index in [1.165, 1.54) is 4.90 Å². The van der Waals surface area contributed by atoms with Crippen LogP contribution in [-0.4, -0.2) is 67.1 Å². The molecule has 1 atom stereocenters. The van der Waals surface area contributed by atoms with Crippen molar-refractivity contribution in [2.75, 3.05) is 26.3 Å². The van der Waals surface area contributed by atoms with Gasteiger partial charge < -0.3 is 29.2 Å². The average molecular weight is 529 g/mol. The van der Waals surface area contributed by atoms with Gasteiger partial charge in [0.05, 0.1) is 6.54 Å². The predicted octanol–water partition coefficient (Wildman–Crippen LogP) is 4.09. The lowest BCUT2D eigenvalue weighted by atomic mass is 10.0. The maximum atomic E-state index is 13.8. The maximum absolute atomic E-state index is 13.8. The van der Waals surface area contributed by atoms with Crippen molar-refractivity contribution in [2.45, 2.75) is 65.6 Å². The van der Waals surface area contributed by atoms with Crippen molar-refractivity contribution in [2.24, 2.45) is 0 Å². The first-order valence-electron chi connectivity index (χ1n) is 12.9. The summed E-state index contributed by atoms with van der Waals surface area (Å²) >= 11 is 0. The number of rotatable bonds is 14. The van der Waals surface area contributed by atoms with Gasteiger partial charge in [-0.3, -0.25) is 9.59 Å². The van der Waals surface area contributed by atoms with Crippen LogP contribution < -0.4 is 5.32 Å². The molecule has 0 heterocycles. The Morgan fingerprint density at radius 2 is 1.42 bits per heavy atom. The minimum absolute atomic E-state index is 0.0220. The summed E-state index contributed by atoms with van der Waals surface area (Å²) in [6.45, 7) is 9.30. The number of nitrogens with zero attached hydrogens (tertiary/aromatic N) is 1. The van der Waals surface area contributed by atoms with Gasteiger partial charge in [-0.05, 0) is 45.7 Å². The molecule has 38 heavy (non-hydrogen) atoms. The Morgan fingerprint density at radius 1 is 0.868 bits per heavy atom. The number of esters is 1. The van der Waals surface area contributed by atoms with Crippen LogP contribution in [0.5, 0.6) is 0 Å². The Bertz CT molecular complexity index is 987. The molecule has 0 aliphatic heterocycles.